The molecule has 1 atom stereocenters. The van der Waals surface area contributed by atoms with Crippen LogP contribution in [0.4, 0.5) is 0 Å². The monoisotopic (exact) mass is 454 g/mol. The molecule has 4 heteroatoms. The second kappa shape index (κ2) is 11.6. The molecule has 1 saturated carbocycles. The number of aryl methyl sites for hydroxylation is 3. The fourth-order valence-electron chi connectivity index (χ4n) is 4.98. The number of hydrogen-bond donors (Lipinski definition) is 1. The number of benzene rings is 2. The first kappa shape index (κ1) is 24.4. The van der Waals surface area contributed by atoms with Gasteiger partial charge in [-0.05, 0) is 97.4 Å². The van der Waals surface area contributed by atoms with Crippen molar-refractivity contribution in [3.8, 4) is 6.07 Å². The third-order valence-electron chi connectivity index (χ3n) is 7.21. The van der Waals surface area contributed by atoms with Gasteiger partial charge >= 0.3 is 0 Å². The molecule has 2 aromatic rings. The van der Waals surface area contributed by atoms with Gasteiger partial charge in [0.25, 0.3) is 0 Å². The second-order valence-corrected chi connectivity index (χ2v) is 9.88. The molecule has 178 valence electrons. The van der Waals surface area contributed by atoms with Crippen molar-refractivity contribution in [2.45, 2.75) is 78.2 Å². The van der Waals surface area contributed by atoms with E-state index >= 15 is 0 Å². The van der Waals surface area contributed by atoms with Crippen molar-refractivity contribution in [1.29, 1.82) is 5.26 Å². The standard InChI is InChI=1S/C30H38N4/c1-4-6-25-17-27(30-18-29(33-34-30)24-11-12-24)14-13-26(25)16-22(19-31)8-10-23-9-7-21(5-2)15-28(23)20-32-3/h7,9,13-15,17,22,24,32H,4-6,8,10-12,16,18,20H2,1-3H3. The smallest absolute Gasteiger partial charge is 0.0759 e. The normalized spacial score (nSPS) is 16.2. The maximum absolute atomic E-state index is 9.96. The number of nitrogens with zero attached hydrogens (tertiary/aromatic N) is 3. The number of rotatable bonds is 12. The van der Waals surface area contributed by atoms with E-state index in [-0.39, 0.29) is 5.92 Å². The lowest BCUT2D eigenvalue weighted by Crippen LogP contribution is -2.11. The summed E-state index contributed by atoms with van der Waals surface area (Å²) in [5, 5.41) is 22.2. The van der Waals surface area contributed by atoms with E-state index in [1.54, 1.807) is 0 Å². The lowest BCUT2D eigenvalue weighted by molar-refractivity contribution is 0.594. The fraction of sp³-hybridized carbons (Fsp3) is 0.500. The molecule has 0 aromatic heterocycles. The van der Waals surface area contributed by atoms with E-state index in [0.29, 0.717) is 5.92 Å². The summed E-state index contributed by atoms with van der Waals surface area (Å²) in [4.78, 5) is 0. The van der Waals surface area contributed by atoms with E-state index in [9.17, 15) is 5.26 Å². The van der Waals surface area contributed by atoms with Crippen LogP contribution in [0.5, 0.6) is 0 Å². The van der Waals surface area contributed by atoms with Crippen LogP contribution in [0.25, 0.3) is 0 Å². The Kier molecular flexibility index (Phi) is 8.29. The largest absolute Gasteiger partial charge is 0.316 e. The minimum absolute atomic E-state index is 0.0170. The molecule has 1 fully saturated rings. The molecule has 1 aliphatic carbocycles. The van der Waals surface area contributed by atoms with Gasteiger partial charge in [0, 0.05) is 18.7 Å². The molecule has 0 saturated heterocycles. The minimum atomic E-state index is 0.0170. The molecule has 1 heterocycles. The van der Waals surface area contributed by atoms with Crippen molar-refractivity contribution in [2.75, 3.05) is 7.05 Å². The molecule has 1 N–H and O–H groups in total. The highest BCUT2D eigenvalue weighted by atomic mass is 15.2. The Bertz CT molecular complexity index is 1100. The summed E-state index contributed by atoms with van der Waals surface area (Å²) in [6, 6.07) is 16.2. The molecule has 4 nitrogen and oxygen atoms in total. The van der Waals surface area contributed by atoms with Crippen molar-refractivity contribution < 1.29 is 0 Å². The predicted octanol–water partition coefficient (Wildman–Crippen LogP) is 6.19. The van der Waals surface area contributed by atoms with Gasteiger partial charge in [0.1, 0.15) is 0 Å². The molecule has 0 bridgehead atoms. The first-order valence-electron chi connectivity index (χ1n) is 13.0. The quantitative estimate of drug-likeness (QED) is 0.415. The van der Waals surface area contributed by atoms with Crippen LogP contribution < -0.4 is 5.32 Å². The SMILES string of the molecule is CCCc1cc(C2=NN=C(C3CC3)C2)ccc1CC(C#N)CCc1ccc(CC)cc1CNC. The molecule has 34 heavy (non-hydrogen) atoms. The predicted molar refractivity (Wildman–Crippen MR) is 141 cm³/mol. The Labute approximate surface area is 205 Å². The summed E-state index contributed by atoms with van der Waals surface area (Å²) in [6.07, 6.45) is 9.28. The fourth-order valence-corrected chi connectivity index (χ4v) is 4.98. The van der Waals surface area contributed by atoms with Gasteiger partial charge in [-0.1, -0.05) is 50.6 Å². The van der Waals surface area contributed by atoms with Gasteiger partial charge in [-0.2, -0.15) is 15.5 Å². The molecule has 1 aliphatic heterocycles. The third-order valence-corrected chi connectivity index (χ3v) is 7.21. The summed E-state index contributed by atoms with van der Waals surface area (Å²) >= 11 is 0. The van der Waals surface area contributed by atoms with Gasteiger partial charge in [0.2, 0.25) is 0 Å². The molecule has 0 spiro atoms. The summed E-state index contributed by atoms with van der Waals surface area (Å²) in [6.45, 7) is 5.29. The van der Waals surface area contributed by atoms with Crippen LogP contribution in [0.15, 0.2) is 46.6 Å². The average molecular weight is 455 g/mol. The van der Waals surface area contributed by atoms with Crippen LogP contribution in [-0.2, 0) is 32.2 Å². The Morgan fingerprint density at radius 1 is 1.00 bits per heavy atom. The highest BCUT2D eigenvalue weighted by molar-refractivity contribution is 6.16. The van der Waals surface area contributed by atoms with E-state index in [4.69, 9.17) is 0 Å². The van der Waals surface area contributed by atoms with Crippen LogP contribution in [0, 0.1) is 23.2 Å². The highest BCUT2D eigenvalue weighted by Crippen LogP contribution is 2.34. The minimum Gasteiger partial charge on any atom is -0.316 e. The van der Waals surface area contributed by atoms with E-state index in [1.807, 2.05) is 7.05 Å². The van der Waals surface area contributed by atoms with E-state index in [0.717, 1.165) is 57.2 Å². The van der Waals surface area contributed by atoms with E-state index < -0.39 is 0 Å². The van der Waals surface area contributed by atoms with E-state index in [2.05, 4.69) is 71.8 Å². The molecule has 0 radical (unpaired) electrons. The van der Waals surface area contributed by atoms with Crippen LogP contribution >= 0.6 is 0 Å². The lowest BCUT2D eigenvalue weighted by atomic mass is 9.88. The molecular formula is C30H38N4. The molecular weight excluding hydrogens is 416 g/mol. The van der Waals surface area contributed by atoms with Crippen molar-refractivity contribution >= 4 is 11.4 Å². The van der Waals surface area contributed by atoms with Crippen molar-refractivity contribution in [2.24, 2.45) is 22.0 Å². The van der Waals surface area contributed by atoms with Crippen molar-refractivity contribution in [3.63, 3.8) is 0 Å². The Balaban J connectivity index is 1.43. The van der Waals surface area contributed by atoms with Gasteiger partial charge in [-0.25, -0.2) is 0 Å². The summed E-state index contributed by atoms with van der Waals surface area (Å²) in [5.74, 6) is 0.696. The zero-order chi connectivity index (χ0) is 23.9. The Morgan fingerprint density at radius 2 is 1.82 bits per heavy atom. The molecule has 1 unspecified atom stereocenters. The van der Waals surface area contributed by atoms with Crippen LogP contribution in [0.3, 0.4) is 0 Å². The first-order chi connectivity index (χ1) is 16.6. The summed E-state index contributed by atoms with van der Waals surface area (Å²) in [5.41, 5.74) is 10.4. The second-order valence-electron chi connectivity index (χ2n) is 9.88. The van der Waals surface area contributed by atoms with Gasteiger partial charge in [0.05, 0.1) is 17.7 Å². The topological polar surface area (TPSA) is 60.5 Å². The Hall–Kier alpha value is -2.77. The number of hydrogen-bond acceptors (Lipinski definition) is 4. The zero-order valence-electron chi connectivity index (χ0n) is 21.0. The molecule has 2 aliphatic rings. The van der Waals surface area contributed by atoms with Crippen molar-refractivity contribution in [1.82, 2.24) is 5.32 Å². The summed E-state index contributed by atoms with van der Waals surface area (Å²) < 4.78 is 0. The van der Waals surface area contributed by atoms with Crippen molar-refractivity contribution in [3.05, 3.63) is 69.8 Å². The van der Waals surface area contributed by atoms with Gasteiger partial charge in [0.15, 0.2) is 0 Å². The van der Waals surface area contributed by atoms with Gasteiger partial charge < -0.3 is 5.32 Å². The highest BCUT2D eigenvalue weighted by Gasteiger charge is 2.31. The maximum Gasteiger partial charge on any atom is 0.0759 e. The average Bonchev–Trinajstić information content (AvgIpc) is 3.59. The van der Waals surface area contributed by atoms with E-state index in [1.165, 1.54) is 51.9 Å². The van der Waals surface area contributed by atoms with Crippen LogP contribution in [0.1, 0.15) is 79.3 Å². The van der Waals surface area contributed by atoms with Gasteiger partial charge in [-0.15, -0.1) is 0 Å². The maximum atomic E-state index is 9.96. The summed E-state index contributed by atoms with van der Waals surface area (Å²) in [7, 11) is 2.00. The molecule has 4 rings (SSSR count). The number of nitriles is 1. The van der Waals surface area contributed by atoms with Crippen LogP contribution in [-0.4, -0.2) is 18.5 Å². The lowest BCUT2D eigenvalue weighted by Gasteiger charge is -2.16. The molecule has 0 amide bonds. The number of nitrogens with one attached hydrogen (secondary N) is 1. The van der Waals surface area contributed by atoms with Crippen LogP contribution in [0.2, 0.25) is 0 Å². The third kappa shape index (κ3) is 6.02. The molecule has 2 aromatic carbocycles. The first-order valence-corrected chi connectivity index (χ1v) is 13.0. The zero-order valence-corrected chi connectivity index (χ0v) is 21.0. The van der Waals surface area contributed by atoms with Gasteiger partial charge in [-0.3, -0.25) is 0 Å². The Morgan fingerprint density at radius 3 is 2.53 bits per heavy atom.